The molecule has 1 aromatic heterocycles. The SMILES string of the molecule is Cc1ccc(C(N)c2cccc(Cl)c2C)o1. The lowest BCUT2D eigenvalue weighted by molar-refractivity contribution is 0.466. The summed E-state index contributed by atoms with van der Waals surface area (Å²) in [5, 5.41) is 0.733. The molecule has 0 saturated carbocycles. The summed E-state index contributed by atoms with van der Waals surface area (Å²) in [6.07, 6.45) is 0. The highest BCUT2D eigenvalue weighted by Gasteiger charge is 2.15. The van der Waals surface area contributed by atoms with Gasteiger partial charge in [0.2, 0.25) is 0 Å². The molecule has 0 bridgehead atoms. The Morgan fingerprint density at radius 2 is 1.94 bits per heavy atom. The van der Waals surface area contributed by atoms with E-state index in [1.807, 2.05) is 44.2 Å². The zero-order chi connectivity index (χ0) is 11.7. The molecule has 2 nitrogen and oxygen atoms in total. The summed E-state index contributed by atoms with van der Waals surface area (Å²) in [4.78, 5) is 0. The van der Waals surface area contributed by atoms with Crippen LogP contribution in [0.25, 0.3) is 0 Å². The average Bonchev–Trinajstić information content (AvgIpc) is 2.68. The molecule has 1 heterocycles. The van der Waals surface area contributed by atoms with Crippen LogP contribution in [0, 0.1) is 13.8 Å². The maximum atomic E-state index is 6.15. The molecule has 0 aliphatic rings. The first-order chi connectivity index (χ1) is 7.59. The van der Waals surface area contributed by atoms with Gasteiger partial charge in [-0.2, -0.15) is 0 Å². The van der Waals surface area contributed by atoms with Crippen molar-refractivity contribution < 1.29 is 4.42 Å². The predicted octanol–water partition coefficient (Wildman–Crippen LogP) is 3.60. The molecule has 0 aliphatic heterocycles. The number of halogens is 1. The fourth-order valence-electron chi connectivity index (χ4n) is 1.73. The van der Waals surface area contributed by atoms with Gasteiger partial charge in [-0.25, -0.2) is 0 Å². The fraction of sp³-hybridized carbons (Fsp3) is 0.231. The van der Waals surface area contributed by atoms with E-state index in [1.165, 1.54) is 0 Å². The summed E-state index contributed by atoms with van der Waals surface area (Å²) in [5.74, 6) is 1.63. The van der Waals surface area contributed by atoms with Crippen LogP contribution in [0.5, 0.6) is 0 Å². The fourth-order valence-corrected chi connectivity index (χ4v) is 1.92. The largest absolute Gasteiger partial charge is 0.464 e. The molecule has 1 atom stereocenters. The van der Waals surface area contributed by atoms with Gasteiger partial charge in [0.1, 0.15) is 11.5 Å². The minimum absolute atomic E-state index is 0.257. The summed E-state index contributed by atoms with van der Waals surface area (Å²) in [5.41, 5.74) is 8.15. The Kier molecular flexibility index (Phi) is 3.03. The normalized spacial score (nSPS) is 12.8. The minimum Gasteiger partial charge on any atom is -0.464 e. The molecule has 16 heavy (non-hydrogen) atoms. The van der Waals surface area contributed by atoms with Crippen LogP contribution in [-0.4, -0.2) is 0 Å². The van der Waals surface area contributed by atoms with Crippen LogP contribution < -0.4 is 5.73 Å². The second kappa shape index (κ2) is 4.32. The predicted molar refractivity (Wildman–Crippen MR) is 65.7 cm³/mol. The Bertz CT molecular complexity index is 504. The summed E-state index contributed by atoms with van der Waals surface area (Å²) in [6, 6.07) is 9.30. The van der Waals surface area contributed by atoms with Crippen LogP contribution in [0.2, 0.25) is 5.02 Å². The Morgan fingerprint density at radius 3 is 2.56 bits per heavy atom. The number of furan rings is 1. The quantitative estimate of drug-likeness (QED) is 0.864. The maximum Gasteiger partial charge on any atom is 0.125 e. The van der Waals surface area contributed by atoms with Gasteiger partial charge in [-0.1, -0.05) is 23.7 Å². The molecule has 0 saturated heterocycles. The lowest BCUT2D eigenvalue weighted by atomic mass is 10.0. The first-order valence-electron chi connectivity index (χ1n) is 5.16. The molecule has 84 valence electrons. The molecule has 2 N–H and O–H groups in total. The monoisotopic (exact) mass is 235 g/mol. The third-order valence-electron chi connectivity index (χ3n) is 2.71. The van der Waals surface area contributed by atoms with Gasteiger partial charge >= 0.3 is 0 Å². The molecule has 1 aromatic carbocycles. The Balaban J connectivity index is 2.41. The van der Waals surface area contributed by atoms with E-state index in [9.17, 15) is 0 Å². The van der Waals surface area contributed by atoms with Crippen molar-refractivity contribution in [3.63, 3.8) is 0 Å². The van der Waals surface area contributed by atoms with Crippen molar-refractivity contribution in [1.82, 2.24) is 0 Å². The van der Waals surface area contributed by atoms with Gasteiger partial charge in [0, 0.05) is 5.02 Å². The van der Waals surface area contributed by atoms with Crippen LogP contribution >= 0.6 is 11.6 Å². The second-order valence-electron chi connectivity index (χ2n) is 3.88. The van der Waals surface area contributed by atoms with E-state index in [0.717, 1.165) is 27.7 Å². The lowest BCUT2D eigenvalue weighted by Crippen LogP contribution is -2.12. The molecular weight excluding hydrogens is 222 g/mol. The Hall–Kier alpha value is -1.25. The van der Waals surface area contributed by atoms with Crippen molar-refractivity contribution in [1.29, 1.82) is 0 Å². The van der Waals surface area contributed by atoms with Crippen molar-refractivity contribution in [2.24, 2.45) is 5.73 Å². The average molecular weight is 236 g/mol. The highest BCUT2D eigenvalue weighted by atomic mass is 35.5. The highest BCUT2D eigenvalue weighted by Crippen LogP contribution is 2.27. The number of hydrogen-bond donors (Lipinski definition) is 1. The molecule has 3 heteroatoms. The Labute approximate surface area is 100 Å². The van der Waals surface area contributed by atoms with Crippen LogP contribution in [0.3, 0.4) is 0 Å². The van der Waals surface area contributed by atoms with E-state index in [2.05, 4.69) is 0 Å². The van der Waals surface area contributed by atoms with E-state index in [0.29, 0.717) is 0 Å². The lowest BCUT2D eigenvalue weighted by Gasteiger charge is -2.13. The first-order valence-corrected chi connectivity index (χ1v) is 5.54. The number of benzene rings is 1. The molecule has 2 aromatic rings. The highest BCUT2D eigenvalue weighted by molar-refractivity contribution is 6.31. The van der Waals surface area contributed by atoms with E-state index in [-0.39, 0.29) is 6.04 Å². The summed E-state index contributed by atoms with van der Waals surface area (Å²) < 4.78 is 5.53. The second-order valence-corrected chi connectivity index (χ2v) is 4.29. The van der Waals surface area contributed by atoms with Crippen LogP contribution in [-0.2, 0) is 0 Å². The van der Waals surface area contributed by atoms with Crippen LogP contribution in [0.1, 0.15) is 28.7 Å². The van der Waals surface area contributed by atoms with Gasteiger partial charge in [-0.15, -0.1) is 0 Å². The molecule has 0 aliphatic carbocycles. The molecule has 0 amide bonds. The molecule has 1 unspecified atom stereocenters. The van der Waals surface area contributed by atoms with Gasteiger partial charge in [-0.05, 0) is 43.2 Å². The zero-order valence-corrected chi connectivity index (χ0v) is 10.1. The summed E-state index contributed by atoms with van der Waals surface area (Å²) in [7, 11) is 0. The molecular formula is C13H14ClNO. The van der Waals surface area contributed by atoms with Crippen LogP contribution in [0.4, 0.5) is 0 Å². The van der Waals surface area contributed by atoms with Crippen molar-refractivity contribution in [3.8, 4) is 0 Å². The van der Waals surface area contributed by atoms with Gasteiger partial charge in [0.05, 0.1) is 6.04 Å². The van der Waals surface area contributed by atoms with Gasteiger partial charge in [0.25, 0.3) is 0 Å². The summed E-state index contributed by atoms with van der Waals surface area (Å²) >= 11 is 6.06. The number of aryl methyl sites for hydroxylation is 1. The van der Waals surface area contributed by atoms with Crippen molar-refractivity contribution >= 4 is 11.6 Å². The third-order valence-corrected chi connectivity index (χ3v) is 3.12. The van der Waals surface area contributed by atoms with Gasteiger partial charge in [-0.3, -0.25) is 0 Å². The Morgan fingerprint density at radius 1 is 1.19 bits per heavy atom. The van der Waals surface area contributed by atoms with Crippen molar-refractivity contribution in [2.45, 2.75) is 19.9 Å². The van der Waals surface area contributed by atoms with Gasteiger partial charge in [0.15, 0.2) is 0 Å². The van der Waals surface area contributed by atoms with E-state index in [1.54, 1.807) is 0 Å². The minimum atomic E-state index is -0.257. The standard InChI is InChI=1S/C13H14ClNO/c1-8-6-7-12(16-8)13(15)10-4-3-5-11(14)9(10)2/h3-7,13H,15H2,1-2H3. The smallest absolute Gasteiger partial charge is 0.125 e. The first kappa shape index (κ1) is 11.2. The van der Waals surface area contributed by atoms with E-state index in [4.69, 9.17) is 21.8 Å². The maximum absolute atomic E-state index is 6.15. The van der Waals surface area contributed by atoms with Crippen LogP contribution in [0.15, 0.2) is 34.7 Å². The number of rotatable bonds is 2. The van der Waals surface area contributed by atoms with Gasteiger partial charge < -0.3 is 10.2 Å². The molecule has 0 spiro atoms. The van der Waals surface area contributed by atoms with Crippen molar-refractivity contribution in [2.75, 3.05) is 0 Å². The molecule has 0 fully saturated rings. The molecule has 0 radical (unpaired) electrons. The van der Waals surface area contributed by atoms with E-state index >= 15 is 0 Å². The number of nitrogens with two attached hydrogens (primary N) is 1. The zero-order valence-electron chi connectivity index (χ0n) is 9.33. The van der Waals surface area contributed by atoms with Crippen molar-refractivity contribution in [3.05, 3.63) is 58.0 Å². The third kappa shape index (κ3) is 1.99. The topological polar surface area (TPSA) is 39.2 Å². The summed E-state index contributed by atoms with van der Waals surface area (Å²) in [6.45, 7) is 3.87. The van der Waals surface area contributed by atoms with E-state index < -0.39 is 0 Å². The molecule has 2 rings (SSSR count). The number of hydrogen-bond acceptors (Lipinski definition) is 2.